The summed E-state index contributed by atoms with van der Waals surface area (Å²) in [5, 5.41) is 3.18. The van der Waals surface area contributed by atoms with Gasteiger partial charge in [-0.2, -0.15) is 0 Å². The van der Waals surface area contributed by atoms with Crippen molar-refractivity contribution in [1.29, 1.82) is 0 Å². The minimum atomic E-state index is 1.02. The third-order valence-corrected chi connectivity index (χ3v) is 1.58. The molecular formula is C9H15N3. The van der Waals surface area contributed by atoms with Crippen LogP contribution in [0.1, 0.15) is 13.3 Å². The van der Waals surface area contributed by atoms with Crippen molar-refractivity contribution in [2.45, 2.75) is 19.9 Å². The maximum Gasteiger partial charge on any atom is 0.0945 e. The molecule has 1 rings (SSSR count). The molecule has 0 aliphatic carbocycles. The van der Waals surface area contributed by atoms with Crippen LogP contribution in [0.5, 0.6) is 0 Å². The monoisotopic (exact) mass is 165 g/mol. The standard InChI is InChI=1S/C9H15N3/c1-2-4-10-5-3-7-12-8-6-11-9-12/h2,4,6,8-10H,3,5,7H2,1H3. The zero-order valence-electron chi connectivity index (χ0n) is 7.40. The highest BCUT2D eigenvalue weighted by atomic mass is 15.0. The zero-order chi connectivity index (χ0) is 8.65. The fourth-order valence-electron chi connectivity index (χ4n) is 0.984. The number of aryl methyl sites for hydroxylation is 1. The van der Waals surface area contributed by atoms with E-state index in [0.717, 1.165) is 19.5 Å². The minimum Gasteiger partial charge on any atom is -0.391 e. The molecule has 1 heterocycles. The highest BCUT2D eigenvalue weighted by Gasteiger charge is 1.87. The summed E-state index contributed by atoms with van der Waals surface area (Å²) in [6.45, 7) is 4.05. The Balaban J connectivity index is 2.03. The number of allylic oxidation sites excluding steroid dienone is 1. The molecule has 66 valence electrons. The topological polar surface area (TPSA) is 29.9 Å². The Hall–Kier alpha value is -1.25. The molecule has 1 aromatic rings. The SMILES string of the molecule is CC=CNCCCn1ccnc1. The molecule has 0 fully saturated rings. The highest BCUT2D eigenvalue weighted by Crippen LogP contribution is 1.88. The van der Waals surface area contributed by atoms with Crippen molar-refractivity contribution >= 4 is 0 Å². The van der Waals surface area contributed by atoms with Crippen LogP contribution < -0.4 is 5.32 Å². The summed E-state index contributed by atoms with van der Waals surface area (Å²) in [5.74, 6) is 0. The maximum atomic E-state index is 3.97. The van der Waals surface area contributed by atoms with Gasteiger partial charge >= 0.3 is 0 Å². The van der Waals surface area contributed by atoms with Crippen LogP contribution in [-0.2, 0) is 6.54 Å². The first-order valence-corrected chi connectivity index (χ1v) is 4.24. The second-order valence-electron chi connectivity index (χ2n) is 2.61. The summed E-state index contributed by atoms with van der Waals surface area (Å²) in [6, 6.07) is 0. The molecule has 0 aromatic carbocycles. The van der Waals surface area contributed by atoms with Crippen LogP contribution in [-0.4, -0.2) is 16.1 Å². The number of aromatic nitrogens is 2. The third kappa shape index (κ3) is 3.23. The molecule has 0 saturated carbocycles. The lowest BCUT2D eigenvalue weighted by Crippen LogP contribution is -2.09. The van der Waals surface area contributed by atoms with Crippen molar-refractivity contribution in [3.05, 3.63) is 31.0 Å². The fraction of sp³-hybridized carbons (Fsp3) is 0.444. The maximum absolute atomic E-state index is 3.97. The van der Waals surface area contributed by atoms with Gasteiger partial charge in [0.25, 0.3) is 0 Å². The summed E-state index contributed by atoms with van der Waals surface area (Å²) >= 11 is 0. The lowest BCUT2D eigenvalue weighted by Gasteiger charge is -2.01. The predicted molar refractivity (Wildman–Crippen MR) is 49.7 cm³/mol. The first kappa shape index (κ1) is 8.84. The zero-order valence-corrected chi connectivity index (χ0v) is 7.40. The van der Waals surface area contributed by atoms with Gasteiger partial charge in [-0.3, -0.25) is 0 Å². The van der Waals surface area contributed by atoms with Crippen LogP contribution in [0.2, 0.25) is 0 Å². The van der Waals surface area contributed by atoms with Crippen molar-refractivity contribution < 1.29 is 0 Å². The Kier molecular flexibility index (Phi) is 3.98. The van der Waals surface area contributed by atoms with E-state index in [1.54, 1.807) is 6.20 Å². The molecule has 0 atom stereocenters. The van der Waals surface area contributed by atoms with E-state index in [1.165, 1.54) is 0 Å². The van der Waals surface area contributed by atoms with Gasteiger partial charge in [0.15, 0.2) is 0 Å². The molecule has 3 heteroatoms. The average Bonchev–Trinajstić information content (AvgIpc) is 2.57. The van der Waals surface area contributed by atoms with E-state index in [2.05, 4.69) is 14.9 Å². The van der Waals surface area contributed by atoms with Crippen LogP contribution >= 0.6 is 0 Å². The first-order valence-electron chi connectivity index (χ1n) is 4.24. The Labute approximate surface area is 73.1 Å². The lowest BCUT2D eigenvalue weighted by atomic mass is 10.4. The van der Waals surface area contributed by atoms with Crippen molar-refractivity contribution in [2.75, 3.05) is 6.54 Å². The quantitative estimate of drug-likeness (QED) is 0.668. The van der Waals surface area contributed by atoms with E-state index in [9.17, 15) is 0 Å². The van der Waals surface area contributed by atoms with Crippen LogP contribution in [0.3, 0.4) is 0 Å². The molecule has 3 nitrogen and oxygen atoms in total. The van der Waals surface area contributed by atoms with Crippen LogP contribution in [0.15, 0.2) is 31.0 Å². The molecule has 0 unspecified atom stereocenters. The Morgan fingerprint density at radius 3 is 3.17 bits per heavy atom. The normalized spacial score (nSPS) is 10.8. The van der Waals surface area contributed by atoms with Gasteiger partial charge < -0.3 is 9.88 Å². The van der Waals surface area contributed by atoms with Gasteiger partial charge in [-0.15, -0.1) is 0 Å². The smallest absolute Gasteiger partial charge is 0.0945 e. The molecule has 0 aliphatic rings. The van der Waals surface area contributed by atoms with E-state index in [-0.39, 0.29) is 0 Å². The van der Waals surface area contributed by atoms with Crippen LogP contribution in [0, 0.1) is 0 Å². The molecular weight excluding hydrogens is 150 g/mol. The molecule has 0 aliphatic heterocycles. The van der Waals surface area contributed by atoms with E-state index in [1.807, 2.05) is 31.7 Å². The van der Waals surface area contributed by atoms with Crippen molar-refractivity contribution in [3.8, 4) is 0 Å². The molecule has 0 saturated heterocycles. The van der Waals surface area contributed by atoms with Crippen LogP contribution in [0.4, 0.5) is 0 Å². The largest absolute Gasteiger partial charge is 0.391 e. The van der Waals surface area contributed by atoms with E-state index in [4.69, 9.17) is 0 Å². The summed E-state index contributed by atoms with van der Waals surface area (Å²) in [7, 11) is 0. The highest BCUT2D eigenvalue weighted by molar-refractivity contribution is 4.75. The Morgan fingerprint density at radius 2 is 2.50 bits per heavy atom. The van der Waals surface area contributed by atoms with Crippen molar-refractivity contribution in [3.63, 3.8) is 0 Å². The van der Waals surface area contributed by atoms with E-state index in [0.29, 0.717) is 0 Å². The van der Waals surface area contributed by atoms with Gasteiger partial charge in [0, 0.05) is 25.5 Å². The Morgan fingerprint density at radius 1 is 1.58 bits per heavy atom. The number of imidazole rings is 1. The molecule has 0 spiro atoms. The van der Waals surface area contributed by atoms with Gasteiger partial charge in [-0.25, -0.2) is 4.98 Å². The predicted octanol–water partition coefficient (Wildman–Crippen LogP) is 1.40. The number of rotatable bonds is 5. The Bertz CT molecular complexity index is 214. The molecule has 1 aromatic heterocycles. The summed E-state index contributed by atoms with van der Waals surface area (Å²) in [6.07, 6.45) is 10.7. The second-order valence-corrected chi connectivity index (χ2v) is 2.61. The number of hydrogen-bond donors (Lipinski definition) is 1. The first-order chi connectivity index (χ1) is 5.93. The third-order valence-electron chi connectivity index (χ3n) is 1.58. The van der Waals surface area contributed by atoms with Crippen molar-refractivity contribution in [1.82, 2.24) is 14.9 Å². The molecule has 0 amide bonds. The van der Waals surface area contributed by atoms with Crippen molar-refractivity contribution in [2.24, 2.45) is 0 Å². The number of nitrogens with zero attached hydrogens (tertiary/aromatic N) is 2. The molecule has 12 heavy (non-hydrogen) atoms. The van der Waals surface area contributed by atoms with Gasteiger partial charge in [0.1, 0.15) is 0 Å². The second kappa shape index (κ2) is 5.41. The number of hydrogen-bond acceptors (Lipinski definition) is 2. The van der Waals surface area contributed by atoms with Gasteiger partial charge in [0.2, 0.25) is 0 Å². The van der Waals surface area contributed by atoms with Crippen LogP contribution in [0.25, 0.3) is 0 Å². The summed E-state index contributed by atoms with van der Waals surface area (Å²) < 4.78 is 2.08. The fourth-order valence-corrected chi connectivity index (χ4v) is 0.984. The molecule has 0 bridgehead atoms. The summed E-state index contributed by atoms with van der Waals surface area (Å²) in [4.78, 5) is 3.97. The lowest BCUT2D eigenvalue weighted by molar-refractivity contribution is 0.622. The van der Waals surface area contributed by atoms with Gasteiger partial charge in [0.05, 0.1) is 6.33 Å². The van der Waals surface area contributed by atoms with E-state index >= 15 is 0 Å². The average molecular weight is 165 g/mol. The molecule has 0 radical (unpaired) electrons. The summed E-state index contributed by atoms with van der Waals surface area (Å²) in [5.41, 5.74) is 0. The van der Waals surface area contributed by atoms with Gasteiger partial charge in [-0.1, -0.05) is 6.08 Å². The van der Waals surface area contributed by atoms with Gasteiger partial charge in [-0.05, 0) is 19.5 Å². The minimum absolute atomic E-state index is 1.02. The molecule has 1 N–H and O–H groups in total. The number of nitrogens with one attached hydrogen (secondary N) is 1. The van der Waals surface area contributed by atoms with E-state index < -0.39 is 0 Å².